The van der Waals surface area contributed by atoms with E-state index < -0.39 is 29.9 Å². The van der Waals surface area contributed by atoms with Gasteiger partial charge in [0.25, 0.3) is 5.91 Å². The molecule has 2 amide bonds. The largest absolute Gasteiger partial charge is 0.480 e. The fourth-order valence-corrected chi connectivity index (χ4v) is 3.39. The third-order valence-electron chi connectivity index (χ3n) is 4.23. The second-order valence-corrected chi connectivity index (χ2v) is 7.21. The minimum atomic E-state index is -1.14. The number of nitrogens with zero attached hydrogens (tertiary/aromatic N) is 1. The molecule has 0 radical (unpaired) electrons. The second kappa shape index (κ2) is 8.62. The molecule has 0 aliphatic heterocycles. The van der Waals surface area contributed by atoms with Gasteiger partial charge < -0.3 is 15.7 Å². The number of hydrogen-bond donors (Lipinski definition) is 3. The van der Waals surface area contributed by atoms with E-state index in [-0.39, 0.29) is 6.42 Å². The maximum Gasteiger partial charge on any atom is 0.325 e. The van der Waals surface area contributed by atoms with Crippen LogP contribution in [0.4, 0.5) is 0 Å². The first-order valence-electron chi connectivity index (χ1n) is 8.65. The zero-order valence-corrected chi connectivity index (χ0v) is 15.9. The number of benzene rings is 2. The molecule has 0 aliphatic rings. The van der Waals surface area contributed by atoms with Crippen molar-refractivity contribution in [1.29, 1.82) is 0 Å². The molecule has 1 heterocycles. The average molecular weight is 397 g/mol. The third kappa shape index (κ3) is 4.72. The van der Waals surface area contributed by atoms with Gasteiger partial charge in [-0.1, -0.05) is 30.3 Å². The fourth-order valence-electron chi connectivity index (χ4n) is 2.67. The highest BCUT2D eigenvalue weighted by Gasteiger charge is 2.25. The molecule has 0 aliphatic carbocycles. The van der Waals surface area contributed by atoms with E-state index in [0.29, 0.717) is 5.56 Å². The van der Waals surface area contributed by atoms with Crippen molar-refractivity contribution in [3.8, 4) is 0 Å². The van der Waals surface area contributed by atoms with E-state index in [4.69, 9.17) is 5.11 Å². The molecule has 7 nitrogen and oxygen atoms in total. The number of amides is 2. The highest BCUT2D eigenvalue weighted by molar-refractivity contribution is 7.16. The van der Waals surface area contributed by atoms with Gasteiger partial charge in [0.1, 0.15) is 12.1 Å². The number of carboxylic acid groups (broad SMARTS) is 1. The Morgan fingerprint density at radius 3 is 2.57 bits per heavy atom. The van der Waals surface area contributed by atoms with Crippen molar-refractivity contribution >= 4 is 39.3 Å². The minimum Gasteiger partial charge on any atom is -0.480 e. The number of carboxylic acids is 1. The molecule has 0 saturated heterocycles. The molecule has 28 heavy (non-hydrogen) atoms. The Hall–Kier alpha value is -3.26. The summed E-state index contributed by atoms with van der Waals surface area (Å²) in [5.74, 6) is -2.10. The summed E-state index contributed by atoms with van der Waals surface area (Å²) in [6.07, 6.45) is 0.244. The summed E-state index contributed by atoms with van der Waals surface area (Å²) in [5, 5.41) is 14.2. The quantitative estimate of drug-likeness (QED) is 0.567. The smallest absolute Gasteiger partial charge is 0.325 e. The van der Waals surface area contributed by atoms with E-state index in [1.165, 1.54) is 18.3 Å². The Labute approximate surface area is 165 Å². The molecule has 0 fully saturated rings. The molecule has 0 unspecified atom stereocenters. The first kappa shape index (κ1) is 19.5. The molecule has 0 spiro atoms. The molecule has 3 aromatic rings. The topological polar surface area (TPSA) is 108 Å². The Morgan fingerprint density at radius 2 is 1.86 bits per heavy atom. The van der Waals surface area contributed by atoms with Gasteiger partial charge in [-0.15, -0.1) is 11.3 Å². The van der Waals surface area contributed by atoms with Crippen LogP contribution in [0.25, 0.3) is 10.2 Å². The Morgan fingerprint density at radius 1 is 1.11 bits per heavy atom. The minimum absolute atomic E-state index is 0.244. The van der Waals surface area contributed by atoms with Gasteiger partial charge in [-0.2, -0.15) is 0 Å². The van der Waals surface area contributed by atoms with Crippen LogP contribution in [-0.2, 0) is 16.0 Å². The lowest BCUT2D eigenvalue weighted by Crippen LogP contribution is -2.51. The number of aromatic nitrogens is 1. The van der Waals surface area contributed by atoms with Crippen LogP contribution >= 0.6 is 11.3 Å². The van der Waals surface area contributed by atoms with E-state index in [2.05, 4.69) is 15.6 Å². The molecule has 2 aromatic carbocycles. The molecule has 3 N–H and O–H groups in total. The van der Waals surface area contributed by atoms with Gasteiger partial charge in [0.2, 0.25) is 5.91 Å². The van der Waals surface area contributed by atoms with Gasteiger partial charge in [0.15, 0.2) is 0 Å². The highest BCUT2D eigenvalue weighted by atomic mass is 32.1. The molecule has 8 heteroatoms. The number of thiazole rings is 1. The zero-order valence-electron chi connectivity index (χ0n) is 15.1. The van der Waals surface area contributed by atoms with Crippen LogP contribution in [0, 0.1) is 0 Å². The van der Waals surface area contributed by atoms with Crippen molar-refractivity contribution in [2.45, 2.75) is 25.4 Å². The van der Waals surface area contributed by atoms with E-state index in [9.17, 15) is 14.4 Å². The number of rotatable bonds is 7. The molecule has 3 rings (SSSR count). The average Bonchev–Trinajstić information content (AvgIpc) is 3.15. The monoisotopic (exact) mass is 397 g/mol. The van der Waals surface area contributed by atoms with Crippen LogP contribution < -0.4 is 10.6 Å². The van der Waals surface area contributed by atoms with Crippen LogP contribution in [0.3, 0.4) is 0 Å². The molecule has 144 valence electrons. The molecule has 0 bridgehead atoms. The van der Waals surface area contributed by atoms with Gasteiger partial charge in [-0.25, -0.2) is 4.98 Å². The SMILES string of the molecule is C[C@H](NC(=O)[C@H](Cc1ccccc1)NC(=O)c1ccc2ncsc2c1)C(=O)O. The normalized spacial score (nSPS) is 12.9. The Kier molecular flexibility index (Phi) is 6.00. The highest BCUT2D eigenvalue weighted by Crippen LogP contribution is 2.19. The van der Waals surface area contributed by atoms with E-state index in [1.807, 2.05) is 30.3 Å². The lowest BCUT2D eigenvalue weighted by molar-refractivity contribution is -0.141. The summed E-state index contributed by atoms with van der Waals surface area (Å²) in [4.78, 5) is 40.5. The first-order chi connectivity index (χ1) is 13.4. The number of aliphatic carboxylic acids is 1. The number of carbonyl (C=O) groups excluding carboxylic acids is 2. The summed E-state index contributed by atoms with van der Waals surface area (Å²) < 4.78 is 0.871. The number of fused-ring (bicyclic) bond motifs is 1. The number of carbonyl (C=O) groups is 3. The summed E-state index contributed by atoms with van der Waals surface area (Å²) in [7, 11) is 0. The summed E-state index contributed by atoms with van der Waals surface area (Å²) in [6, 6.07) is 12.4. The van der Waals surface area contributed by atoms with Gasteiger partial charge in [-0.05, 0) is 30.7 Å². The summed E-state index contributed by atoms with van der Waals surface area (Å²) >= 11 is 1.42. The van der Waals surface area contributed by atoms with E-state index in [1.54, 1.807) is 23.7 Å². The van der Waals surface area contributed by atoms with Crippen LogP contribution in [-0.4, -0.2) is 40.0 Å². The summed E-state index contributed by atoms with van der Waals surface area (Å²) in [6.45, 7) is 1.37. The van der Waals surface area contributed by atoms with Crippen molar-refractivity contribution in [2.75, 3.05) is 0 Å². The first-order valence-corrected chi connectivity index (χ1v) is 9.53. The van der Waals surface area contributed by atoms with Crippen LogP contribution in [0.5, 0.6) is 0 Å². The van der Waals surface area contributed by atoms with Crippen molar-refractivity contribution < 1.29 is 19.5 Å². The van der Waals surface area contributed by atoms with Crippen molar-refractivity contribution in [3.63, 3.8) is 0 Å². The molecule has 0 saturated carbocycles. The second-order valence-electron chi connectivity index (χ2n) is 6.32. The van der Waals surface area contributed by atoms with Gasteiger partial charge >= 0.3 is 5.97 Å². The van der Waals surface area contributed by atoms with Gasteiger partial charge in [0, 0.05) is 12.0 Å². The number of hydrogen-bond acceptors (Lipinski definition) is 5. The fraction of sp³-hybridized carbons (Fsp3) is 0.200. The van der Waals surface area contributed by atoms with Crippen LogP contribution in [0.2, 0.25) is 0 Å². The van der Waals surface area contributed by atoms with Crippen LogP contribution in [0.1, 0.15) is 22.8 Å². The zero-order chi connectivity index (χ0) is 20.1. The Bertz CT molecular complexity index is 1000. The third-order valence-corrected chi connectivity index (χ3v) is 5.02. The lowest BCUT2D eigenvalue weighted by atomic mass is 10.0. The van der Waals surface area contributed by atoms with Gasteiger partial charge in [-0.3, -0.25) is 14.4 Å². The van der Waals surface area contributed by atoms with Crippen molar-refractivity contribution in [1.82, 2.24) is 15.6 Å². The summed E-state index contributed by atoms with van der Waals surface area (Å²) in [5.41, 5.74) is 3.76. The van der Waals surface area contributed by atoms with E-state index in [0.717, 1.165) is 15.8 Å². The predicted octanol–water partition coefficient (Wildman–Crippen LogP) is 2.23. The molecular formula is C20H19N3O4S. The predicted molar refractivity (Wildman–Crippen MR) is 106 cm³/mol. The van der Waals surface area contributed by atoms with Gasteiger partial charge in [0.05, 0.1) is 15.7 Å². The lowest BCUT2D eigenvalue weighted by Gasteiger charge is -2.20. The standard InChI is InChI=1S/C20H19N3O4S/c1-12(20(26)27)22-19(25)16(9-13-5-3-2-4-6-13)23-18(24)14-7-8-15-17(10-14)28-11-21-15/h2-8,10-12,16H,9H2,1H3,(H,22,25)(H,23,24)(H,26,27)/t12-,16-/m0/s1. The van der Waals surface area contributed by atoms with Crippen molar-refractivity contribution in [2.24, 2.45) is 0 Å². The Balaban J connectivity index is 1.79. The number of nitrogens with one attached hydrogen (secondary N) is 2. The van der Waals surface area contributed by atoms with Crippen LogP contribution in [0.15, 0.2) is 54.0 Å². The molecular weight excluding hydrogens is 378 g/mol. The molecule has 2 atom stereocenters. The van der Waals surface area contributed by atoms with Crippen molar-refractivity contribution in [3.05, 3.63) is 65.2 Å². The van der Waals surface area contributed by atoms with E-state index >= 15 is 0 Å². The molecule has 1 aromatic heterocycles. The maximum absolute atomic E-state index is 12.7. The maximum atomic E-state index is 12.7.